The Bertz CT molecular complexity index is 681. The van der Waals surface area contributed by atoms with Crippen molar-refractivity contribution in [2.45, 2.75) is 26.9 Å². The molecule has 0 radical (unpaired) electrons. The highest BCUT2D eigenvalue weighted by Gasteiger charge is 2.27. The molecule has 0 bridgehead atoms. The lowest BCUT2D eigenvalue weighted by atomic mass is 9.79. The first-order chi connectivity index (χ1) is 10.7. The number of hydrogen-bond acceptors (Lipinski definition) is 6. The minimum atomic E-state index is -0.850. The highest BCUT2D eigenvalue weighted by atomic mass is 16.5. The third-order valence-electron chi connectivity index (χ3n) is 3.58. The molecule has 3 rings (SSSR count). The van der Waals surface area contributed by atoms with Crippen LogP contribution in [0.1, 0.15) is 24.5 Å². The summed E-state index contributed by atoms with van der Waals surface area (Å²) < 4.78 is 5.19. The third kappa shape index (κ3) is 3.05. The summed E-state index contributed by atoms with van der Waals surface area (Å²) in [6, 6.07) is 5.75. The molecule has 0 atom stereocenters. The quantitative estimate of drug-likeness (QED) is 0.727. The molecule has 0 unspecified atom stereocenters. The Balaban J connectivity index is 1.80. The molecule has 0 fully saturated rings. The molecule has 1 aromatic carbocycles. The number of nitrogens with zero attached hydrogens (tertiary/aromatic N) is 2. The lowest BCUT2D eigenvalue weighted by Crippen LogP contribution is -2.28. The monoisotopic (exact) mass is 298 g/mol. The van der Waals surface area contributed by atoms with Gasteiger partial charge in [0.15, 0.2) is 0 Å². The molecule has 0 saturated heterocycles. The van der Waals surface area contributed by atoms with Crippen LogP contribution in [0.15, 0.2) is 24.4 Å². The van der Waals surface area contributed by atoms with Crippen molar-refractivity contribution in [3.8, 4) is 0 Å². The standard InChI is InChI=1S/C15H19BN4O2/c1-3-6-17-14-10(2)8-18-15(20-14)19-12-5-4-11-9-22-16(21)13(11)7-12/h4-5,7-8,21H,3,6,9H2,1-2H3,(H2,17,18,19,20). The maximum atomic E-state index is 9.76. The van der Waals surface area contributed by atoms with Gasteiger partial charge in [-0.3, -0.25) is 0 Å². The van der Waals surface area contributed by atoms with Crippen LogP contribution in [0.3, 0.4) is 0 Å². The van der Waals surface area contributed by atoms with E-state index in [1.807, 2.05) is 25.1 Å². The van der Waals surface area contributed by atoms with E-state index in [9.17, 15) is 5.02 Å². The van der Waals surface area contributed by atoms with Crippen molar-refractivity contribution in [1.82, 2.24) is 9.97 Å². The fourth-order valence-corrected chi connectivity index (χ4v) is 2.35. The van der Waals surface area contributed by atoms with Crippen molar-refractivity contribution in [3.63, 3.8) is 0 Å². The second-order valence-electron chi connectivity index (χ2n) is 5.35. The first-order valence-corrected chi connectivity index (χ1v) is 7.44. The van der Waals surface area contributed by atoms with Gasteiger partial charge in [0.25, 0.3) is 0 Å². The minimum Gasteiger partial charge on any atom is -0.423 e. The summed E-state index contributed by atoms with van der Waals surface area (Å²) in [5.41, 5.74) is 3.64. The minimum absolute atomic E-state index is 0.447. The van der Waals surface area contributed by atoms with Crippen LogP contribution in [0.5, 0.6) is 0 Å². The number of nitrogens with one attached hydrogen (secondary N) is 2. The van der Waals surface area contributed by atoms with Crippen LogP contribution in [-0.4, -0.2) is 28.7 Å². The maximum Gasteiger partial charge on any atom is 0.491 e. The summed E-state index contributed by atoms with van der Waals surface area (Å²) in [5.74, 6) is 1.36. The highest BCUT2D eigenvalue weighted by molar-refractivity contribution is 6.61. The largest absolute Gasteiger partial charge is 0.491 e. The van der Waals surface area contributed by atoms with E-state index >= 15 is 0 Å². The molecule has 0 saturated carbocycles. The zero-order valence-corrected chi connectivity index (χ0v) is 12.8. The number of hydrogen-bond donors (Lipinski definition) is 3. The average Bonchev–Trinajstić information content (AvgIpc) is 2.89. The molecule has 22 heavy (non-hydrogen) atoms. The van der Waals surface area contributed by atoms with Crippen molar-refractivity contribution in [2.75, 3.05) is 17.2 Å². The molecule has 0 aliphatic carbocycles. The predicted octanol–water partition coefficient (Wildman–Crippen LogP) is 1.57. The molecule has 3 N–H and O–H groups in total. The molecule has 1 aliphatic rings. The number of anilines is 3. The van der Waals surface area contributed by atoms with E-state index in [0.717, 1.165) is 41.1 Å². The van der Waals surface area contributed by atoms with Crippen LogP contribution in [0.25, 0.3) is 0 Å². The molecular formula is C15H19BN4O2. The molecule has 2 heterocycles. The summed E-state index contributed by atoms with van der Waals surface area (Å²) in [6.45, 7) is 5.41. The lowest BCUT2D eigenvalue weighted by Gasteiger charge is -2.11. The molecule has 1 aliphatic heterocycles. The van der Waals surface area contributed by atoms with Gasteiger partial charge in [-0.15, -0.1) is 0 Å². The van der Waals surface area contributed by atoms with Gasteiger partial charge in [-0.05, 0) is 36.5 Å². The van der Waals surface area contributed by atoms with Gasteiger partial charge >= 0.3 is 7.12 Å². The van der Waals surface area contributed by atoms with Gasteiger partial charge in [0.2, 0.25) is 5.95 Å². The normalized spacial score (nSPS) is 13.1. The van der Waals surface area contributed by atoms with Gasteiger partial charge in [-0.2, -0.15) is 4.98 Å². The fourth-order valence-electron chi connectivity index (χ4n) is 2.35. The van der Waals surface area contributed by atoms with Gasteiger partial charge in [-0.25, -0.2) is 4.98 Å². The molecule has 6 nitrogen and oxygen atoms in total. The van der Waals surface area contributed by atoms with Crippen LogP contribution in [0.4, 0.5) is 17.5 Å². The molecular weight excluding hydrogens is 279 g/mol. The van der Waals surface area contributed by atoms with Crippen molar-refractivity contribution >= 4 is 30.0 Å². The van der Waals surface area contributed by atoms with Crippen LogP contribution < -0.4 is 16.1 Å². The van der Waals surface area contributed by atoms with Crippen LogP contribution in [-0.2, 0) is 11.3 Å². The zero-order valence-electron chi connectivity index (χ0n) is 12.8. The summed E-state index contributed by atoms with van der Waals surface area (Å²) >= 11 is 0. The van der Waals surface area contributed by atoms with Crippen molar-refractivity contribution in [2.24, 2.45) is 0 Å². The number of aryl methyl sites for hydroxylation is 1. The number of benzene rings is 1. The molecule has 7 heteroatoms. The first kappa shape index (κ1) is 14.8. The SMILES string of the molecule is CCCNc1nc(Nc2ccc3c(c2)B(O)OC3)ncc1C. The topological polar surface area (TPSA) is 79.3 Å². The first-order valence-electron chi connectivity index (χ1n) is 7.44. The Morgan fingerprint density at radius 2 is 2.27 bits per heavy atom. The van der Waals surface area contributed by atoms with Gasteiger partial charge in [-0.1, -0.05) is 13.0 Å². The average molecular weight is 298 g/mol. The number of aromatic nitrogens is 2. The van der Waals surface area contributed by atoms with E-state index in [1.165, 1.54) is 0 Å². The van der Waals surface area contributed by atoms with Crippen LogP contribution in [0, 0.1) is 6.92 Å². The van der Waals surface area contributed by atoms with E-state index in [0.29, 0.717) is 12.6 Å². The fraction of sp³-hybridized carbons (Fsp3) is 0.333. The van der Waals surface area contributed by atoms with Crippen molar-refractivity contribution in [3.05, 3.63) is 35.5 Å². The van der Waals surface area contributed by atoms with Gasteiger partial charge in [0, 0.05) is 24.0 Å². The molecule has 2 aromatic rings. The molecule has 0 spiro atoms. The van der Waals surface area contributed by atoms with Crippen molar-refractivity contribution in [1.29, 1.82) is 0 Å². The predicted molar refractivity (Wildman–Crippen MR) is 87.7 cm³/mol. The third-order valence-corrected chi connectivity index (χ3v) is 3.58. The Labute approximate surface area is 130 Å². The Morgan fingerprint density at radius 1 is 1.41 bits per heavy atom. The van der Waals surface area contributed by atoms with E-state index in [-0.39, 0.29) is 0 Å². The van der Waals surface area contributed by atoms with E-state index < -0.39 is 7.12 Å². The summed E-state index contributed by atoms with van der Waals surface area (Å²) in [7, 11) is -0.850. The Morgan fingerprint density at radius 3 is 3.09 bits per heavy atom. The molecule has 0 amide bonds. The van der Waals surface area contributed by atoms with E-state index in [2.05, 4.69) is 27.5 Å². The summed E-state index contributed by atoms with van der Waals surface area (Å²) in [6.07, 6.45) is 2.83. The molecule has 1 aromatic heterocycles. The van der Waals surface area contributed by atoms with E-state index in [1.54, 1.807) is 6.20 Å². The van der Waals surface area contributed by atoms with E-state index in [4.69, 9.17) is 4.65 Å². The molecule has 114 valence electrons. The summed E-state index contributed by atoms with van der Waals surface area (Å²) in [5, 5.41) is 16.2. The number of rotatable bonds is 5. The van der Waals surface area contributed by atoms with Crippen molar-refractivity contribution < 1.29 is 9.68 Å². The van der Waals surface area contributed by atoms with Gasteiger partial charge in [0.05, 0.1) is 6.61 Å². The smallest absolute Gasteiger partial charge is 0.423 e. The highest BCUT2D eigenvalue weighted by Crippen LogP contribution is 2.19. The number of fused-ring (bicyclic) bond motifs is 1. The lowest BCUT2D eigenvalue weighted by molar-refractivity contribution is 0.275. The van der Waals surface area contributed by atoms with Crippen LogP contribution >= 0.6 is 0 Å². The van der Waals surface area contributed by atoms with Gasteiger partial charge < -0.3 is 20.3 Å². The second-order valence-corrected chi connectivity index (χ2v) is 5.35. The van der Waals surface area contributed by atoms with Crippen LogP contribution in [0.2, 0.25) is 0 Å². The Hall–Kier alpha value is -2.12. The zero-order chi connectivity index (χ0) is 15.5. The Kier molecular flexibility index (Phi) is 4.26. The van der Waals surface area contributed by atoms with Gasteiger partial charge in [0.1, 0.15) is 5.82 Å². The second kappa shape index (κ2) is 6.33. The maximum absolute atomic E-state index is 9.76. The summed E-state index contributed by atoms with van der Waals surface area (Å²) in [4.78, 5) is 8.79.